The van der Waals surface area contributed by atoms with Crippen molar-refractivity contribution < 1.29 is 61.5 Å². The minimum absolute atomic E-state index is 0.293. The van der Waals surface area contributed by atoms with E-state index in [1.165, 1.54) is 0 Å². The third kappa shape index (κ3) is 4.92. The van der Waals surface area contributed by atoms with Crippen molar-refractivity contribution in [2.75, 3.05) is 0 Å². The van der Waals surface area contributed by atoms with Crippen molar-refractivity contribution in [2.45, 2.75) is 43.0 Å². The maximum absolute atomic E-state index is 14.4. The Labute approximate surface area is 196 Å². The molecule has 0 saturated heterocycles. The van der Waals surface area contributed by atoms with Crippen LogP contribution in [0.3, 0.4) is 0 Å². The zero-order valence-corrected chi connectivity index (χ0v) is 17.6. The number of oxazole rings is 2. The van der Waals surface area contributed by atoms with Crippen LogP contribution in [0.4, 0.5) is 52.7 Å². The van der Waals surface area contributed by atoms with Gasteiger partial charge in [-0.1, -0.05) is 12.1 Å². The molecule has 0 unspecified atom stereocenters. The van der Waals surface area contributed by atoms with E-state index in [9.17, 15) is 52.7 Å². The largest absolute Gasteiger partial charge is 0.440 e. The second-order valence-electron chi connectivity index (χ2n) is 7.91. The van der Waals surface area contributed by atoms with Gasteiger partial charge < -0.3 is 8.83 Å². The Bertz CT molecular complexity index is 1330. The summed E-state index contributed by atoms with van der Waals surface area (Å²) in [5.41, 5.74) is -10.1. The Morgan fingerprint density at radius 3 is 1.19 bits per heavy atom. The molecule has 0 saturated carbocycles. The molecule has 2 aromatic carbocycles. The minimum atomic E-state index is -6.09. The molecule has 2 heterocycles. The fourth-order valence-corrected chi connectivity index (χ4v) is 3.89. The lowest BCUT2D eigenvalue weighted by atomic mass is 9.72. The molecule has 4 rings (SSSR count). The van der Waals surface area contributed by atoms with E-state index in [2.05, 4.69) is 9.97 Å². The predicted octanol–water partition coefficient (Wildman–Crippen LogP) is 7.59. The first-order chi connectivity index (χ1) is 16.8. The van der Waals surface area contributed by atoms with Gasteiger partial charge in [0.1, 0.15) is 23.9 Å². The number of fused-ring (bicyclic) bond motifs is 2. The van der Waals surface area contributed by atoms with Gasteiger partial charge in [0.2, 0.25) is 17.2 Å². The molecule has 0 spiro atoms. The quantitative estimate of drug-likeness (QED) is 0.246. The van der Waals surface area contributed by atoms with Gasteiger partial charge in [0.05, 0.1) is 0 Å². The molecule has 0 aliphatic rings. The Hall–Kier alpha value is -3.46. The van der Waals surface area contributed by atoms with Gasteiger partial charge in [0.15, 0.2) is 11.2 Å². The van der Waals surface area contributed by atoms with E-state index < -0.39 is 88.1 Å². The van der Waals surface area contributed by atoms with E-state index >= 15 is 0 Å². The molecule has 2 aromatic heterocycles. The highest BCUT2D eigenvalue weighted by Crippen LogP contribution is 2.56. The highest BCUT2D eigenvalue weighted by atomic mass is 19.4. The summed E-state index contributed by atoms with van der Waals surface area (Å²) in [6.45, 7) is 0. The minimum Gasteiger partial charge on any atom is -0.440 e. The number of halogens is 12. The van der Waals surface area contributed by atoms with E-state index in [1.807, 2.05) is 0 Å². The first-order valence-corrected chi connectivity index (χ1v) is 9.87. The molecule has 0 N–H and O–H groups in total. The average molecular weight is 550 g/mol. The third-order valence-electron chi connectivity index (χ3n) is 5.28. The van der Waals surface area contributed by atoms with E-state index in [4.69, 9.17) is 8.83 Å². The monoisotopic (exact) mass is 550 g/mol. The van der Waals surface area contributed by atoms with Crippen LogP contribution in [0.2, 0.25) is 0 Å². The van der Waals surface area contributed by atoms with Gasteiger partial charge in [0.25, 0.3) is 0 Å². The van der Waals surface area contributed by atoms with Gasteiger partial charge >= 0.3 is 24.7 Å². The molecule has 200 valence electrons. The summed E-state index contributed by atoms with van der Waals surface area (Å²) < 4.78 is 172. The number of rotatable bonds is 4. The number of benzene rings is 2. The summed E-state index contributed by atoms with van der Waals surface area (Å²) in [5.74, 6) is -1.96. The van der Waals surface area contributed by atoms with Crippen LogP contribution in [0, 0.1) is 0 Å². The summed E-state index contributed by atoms with van der Waals surface area (Å²) in [6.07, 6.45) is -25.3. The van der Waals surface area contributed by atoms with Crippen molar-refractivity contribution in [3.63, 3.8) is 0 Å². The Balaban J connectivity index is 1.93. The molecule has 37 heavy (non-hydrogen) atoms. The number of alkyl halides is 12. The average Bonchev–Trinajstić information content (AvgIpc) is 3.24. The van der Waals surface area contributed by atoms with Gasteiger partial charge in [-0.2, -0.15) is 52.7 Å². The van der Waals surface area contributed by atoms with Crippen LogP contribution >= 0.6 is 0 Å². The summed E-state index contributed by atoms with van der Waals surface area (Å²) >= 11 is 0. The van der Waals surface area contributed by atoms with Crippen LogP contribution < -0.4 is 0 Å². The second kappa shape index (κ2) is 8.28. The van der Waals surface area contributed by atoms with Crippen molar-refractivity contribution in [1.82, 2.24) is 9.97 Å². The lowest BCUT2D eigenvalue weighted by Crippen LogP contribution is -2.54. The molecule has 16 heteroatoms. The Morgan fingerprint density at radius 2 is 0.892 bits per heavy atom. The van der Waals surface area contributed by atoms with E-state index in [-0.39, 0.29) is 0 Å². The fourth-order valence-electron chi connectivity index (χ4n) is 3.89. The first-order valence-electron chi connectivity index (χ1n) is 9.87. The SMILES string of the molecule is FC(F)(F)Cc1nc2cc(C(c3ccc4oc(CC(F)(F)F)nc4c3)(C(F)(F)F)C(F)(F)F)ccc2o1. The zero-order valence-electron chi connectivity index (χ0n) is 17.6. The van der Waals surface area contributed by atoms with E-state index in [1.54, 1.807) is 0 Å². The van der Waals surface area contributed by atoms with Crippen molar-refractivity contribution in [3.05, 3.63) is 59.3 Å². The molecule has 4 nitrogen and oxygen atoms in total. The van der Waals surface area contributed by atoms with E-state index in [0.29, 0.717) is 36.4 Å². The van der Waals surface area contributed by atoms with Gasteiger partial charge in [-0.15, -0.1) is 0 Å². The van der Waals surface area contributed by atoms with Crippen molar-refractivity contribution in [2.24, 2.45) is 0 Å². The number of hydrogen-bond acceptors (Lipinski definition) is 4. The van der Waals surface area contributed by atoms with Crippen LogP contribution in [0.15, 0.2) is 45.2 Å². The molecule has 0 atom stereocenters. The van der Waals surface area contributed by atoms with Crippen LogP contribution in [0.25, 0.3) is 22.2 Å². The summed E-state index contributed by atoms with van der Waals surface area (Å²) in [4.78, 5) is 6.72. The predicted molar refractivity (Wildman–Crippen MR) is 100 cm³/mol. The molecular weight excluding hydrogens is 540 g/mol. The number of hydrogen-bond donors (Lipinski definition) is 0. The first kappa shape index (κ1) is 26.6. The summed E-state index contributed by atoms with van der Waals surface area (Å²) in [7, 11) is 0. The maximum Gasteiger partial charge on any atom is 0.411 e. The highest BCUT2D eigenvalue weighted by Gasteiger charge is 2.72. The third-order valence-corrected chi connectivity index (χ3v) is 5.28. The van der Waals surface area contributed by atoms with Gasteiger partial charge in [-0.05, 0) is 35.4 Å². The summed E-state index contributed by atoms with van der Waals surface area (Å²) in [6, 6.07) is 2.55. The number of nitrogens with zero attached hydrogens (tertiary/aromatic N) is 2. The fraction of sp³-hybridized carbons (Fsp3) is 0.333. The standard InChI is InChI=1S/C21H10F12N2O2/c22-17(23,24)7-15-34-11-5-9(1-3-13(11)36-15)19(20(28,29)30,21(31,32)33)10-2-4-14-12(6-10)35-16(37-14)8-18(25,26)27/h1-6H,7-8H2. The highest BCUT2D eigenvalue weighted by molar-refractivity contribution is 5.77. The molecule has 0 fully saturated rings. The van der Waals surface area contributed by atoms with Crippen molar-refractivity contribution in [1.29, 1.82) is 0 Å². The lowest BCUT2D eigenvalue weighted by molar-refractivity contribution is -0.288. The van der Waals surface area contributed by atoms with Gasteiger partial charge in [-0.3, -0.25) is 0 Å². The molecule has 0 radical (unpaired) electrons. The molecule has 4 aromatic rings. The van der Waals surface area contributed by atoms with E-state index in [0.717, 1.165) is 0 Å². The molecular formula is C21H10F12N2O2. The zero-order chi connectivity index (χ0) is 27.6. The Kier molecular flexibility index (Phi) is 5.95. The topological polar surface area (TPSA) is 52.1 Å². The molecule has 0 amide bonds. The number of aromatic nitrogens is 2. The molecule has 0 aliphatic carbocycles. The van der Waals surface area contributed by atoms with Crippen molar-refractivity contribution >= 4 is 22.2 Å². The van der Waals surface area contributed by atoms with Crippen LogP contribution in [0.1, 0.15) is 22.9 Å². The lowest BCUT2D eigenvalue weighted by Gasteiger charge is -2.38. The van der Waals surface area contributed by atoms with Crippen LogP contribution in [-0.4, -0.2) is 34.7 Å². The molecule has 0 bridgehead atoms. The second-order valence-corrected chi connectivity index (χ2v) is 7.91. The van der Waals surface area contributed by atoms with Gasteiger partial charge in [0, 0.05) is 0 Å². The smallest absolute Gasteiger partial charge is 0.411 e. The van der Waals surface area contributed by atoms with Crippen LogP contribution in [-0.2, 0) is 18.3 Å². The normalized spacial score (nSPS) is 14.2. The maximum atomic E-state index is 14.4. The Morgan fingerprint density at radius 1 is 0.541 bits per heavy atom. The van der Waals surface area contributed by atoms with Gasteiger partial charge in [-0.25, -0.2) is 9.97 Å². The molecule has 0 aliphatic heterocycles. The summed E-state index contributed by atoms with van der Waals surface area (Å²) in [5, 5.41) is 0. The van der Waals surface area contributed by atoms with Crippen LogP contribution in [0.5, 0.6) is 0 Å². The van der Waals surface area contributed by atoms with Crippen molar-refractivity contribution in [3.8, 4) is 0 Å².